The van der Waals surface area contributed by atoms with E-state index in [-0.39, 0.29) is 0 Å². The van der Waals surface area contributed by atoms with E-state index >= 15 is 0 Å². The molecule has 3 fully saturated rings. The van der Waals surface area contributed by atoms with E-state index in [2.05, 4.69) is 40.4 Å². The first-order chi connectivity index (χ1) is 7.29. The quantitative estimate of drug-likeness (QED) is 0.613. The second-order valence-electron chi connectivity index (χ2n) is 8.41. The maximum atomic E-state index is 2.61. The molecule has 0 radical (unpaired) electrons. The molecule has 0 heterocycles. The van der Waals surface area contributed by atoms with E-state index in [0.717, 1.165) is 40.5 Å². The summed E-state index contributed by atoms with van der Waals surface area (Å²) in [5.74, 6) is 5.33. The van der Waals surface area contributed by atoms with E-state index in [1.54, 1.807) is 12.8 Å². The number of rotatable bonds is 2. The maximum absolute atomic E-state index is 2.61. The Labute approximate surface area is 102 Å². The van der Waals surface area contributed by atoms with Crippen LogP contribution in [0, 0.1) is 35.0 Å². The highest BCUT2D eigenvalue weighted by Crippen LogP contribution is 2.83. The van der Waals surface area contributed by atoms with Crippen molar-refractivity contribution in [2.75, 3.05) is 0 Å². The van der Waals surface area contributed by atoms with E-state index < -0.39 is 8.07 Å². The molecule has 0 aromatic heterocycles. The molecule has 2 bridgehead atoms. The van der Waals surface area contributed by atoms with Crippen molar-refractivity contribution in [3.05, 3.63) is 0 Å². The Morgan fingerprint density at radius 1 is 1.12 bits per heavy atom. The summed E-state index contributed by atoms with van der Waals surface area (Å²) in [5.41, 5.74) is 1.99. The Balaban J connectivity index is 1.91. The third-order valence-corrected chi connectivity index (χ3v) is 9.38. The molecule has 0 N–H and O–H groups in total. The summed E-state index contributed by atoms with van der Waals surface area (Å²) in [6.45, 7) is 15.3. The van der Waals surface area contributed by atoms with Gasteiger partial charge in [-0.15, -0.1) is 0 Å². The van der Waals surface area contributed by atoms with Gasteiger partial charge in [0, 0.05) is 8.07 Å². The highest BCUT2D eigenvalue weighted by atomic mass is 28.3. The minimum Gasteiger partial charge on any atom is -0.0693 e. The first kappa shape index (κ1) is 11.3. The van der Waals surface area contributed by atoms with Gasteiger partial charge in [-0.05, 0) is 53.4 Å². The van der Waals surface area contributed by atoms with Crippen molar-refractivity contribution in [1.82, 2.24) is 0 Å². The topological polar surface area (TPSA) is 0 Å². The van der Waals surface area contributed by atoms with Crippen LogP contribution in [-0.4, -0.2) is 8.07 Å². The lowest BCUT2D eigenvalue weighted by atomic mass is 9.79. The zero-order valence-corrected chi connectivity index (χ0v) is 12.9. The molecule has 3 aliphatic rings. The second-order valence-corrected chi connectivity index (χ2v) is 13.9. The molecule has 6 atom stereocenters. The van der Waals surface area contributed by atoms with Gasteiger partial charge < -0.3 is 0 Å². The van der Waals surface area contributed by atoms with Gasteiger partial charge in [-0.25, -0.2) is 0 Å². The highest BCUT2D eigenvalue weighted by Gasteiger charge is 2.76. The lowest BCUT2D eigenvalue weighted by Crippen LogP contribution is -2.36. The number of hydrogen-bond donors (Lipinski definition) is 0. The molecule has 0 aliphatic heterocycles. The largest absolute Gasteiger partial charge is 0.0693 e. The van der Waals surface area contributed by atoms with Crippen LogP contribution in [0.15, 0.2) is 0 Å². The van der Waals surface area contributed by atoms with Gasteiger partial charge in [0.25, 0.3) is 0 Å². The number of hydrogen-bond acceptors (Lipinski definition) is 0. The molecule has 6 unspecified atom stereocenters. The Bertz CT molecular complexity index is 312. The zero-order valence-electron chi connectivity index (χ0n) is 11.9. The Morgan fingerprint density at radius 3 is 2.19 bits per heavy atom. The summed E-state index contributed by atoms with van der Waals surface area (Å²) < 4.78 is 0. The van der Waals surface area contributed by atoms with Crippen LogP contribution in [0.3, 0.4) is 0 Å². The van der Waals surface area contributed by atoms with E-state index in [0.29, 0.717) is 0 Å². The van der Waals surface area contributed by atoms with Crippen LogP contribution in [0.25, 0.3) is 0 Å². The lowest BCUT2D eigenvalue weighted by Gasteiger charge is -2.38. The summed E-state index contributed by atoms with van der Waals surface area (Å²) in [5, 5.41) is 0. The van der Waals surface area contributed by atoms with Crippen molar-refractivity contribution >= 4 is 8.07 Å². The fourth-order valence-electron chi connectivity index (χ4n) is 5.85. The molecule has 0 aromatic carbocycles. The molecule has 16 heavy (non-hydrogen) atoms. The van der Waals surface area contributed by atoms with Crippen LogP contribution in [0.4, 0.5) is 0 Å². The van der Waals surface area contributed by atoms with E-state index in [1.165, 1.54) is 0 Å². The molecule has 3 saturated carbocycles. The summed E-state index contributed by atoms with van der Waals surface area (Å²) in [4.78, 5) is 0. The normalized spacial score (nSPS) is 54.6. The highest BCUT2D eigenvalue weighted by molar-refractivity contribution is 6.77. The van der Waals surface area contributed by atoms with Gasteiger partial charge in [-0.1, -0.05) is 40.4 Å². The maximum Gasteiger partial charge on any atom is 0.0476 e. The van der Waals surface area contributed by atoms with Crippen molar-refractivity contribution in [2.45, 2.75) is 58.8 Å². The molecule has 1 spiro atoms. The van der Waals surface area contributed by atoms with Crippen molar-refractivity contribution in [3.8, 4) is 0 Å². The molecule has 0 amide bonds. The minimum atomic E-state index is -0.915. The smallest absolute Gasteiger partial charge is 0.0476 e. The molecule has 3 rings (SSSR count). The van der Waals surface area contributed by atoms with Gasteiger partial charge in [0.05, 0.1) is 0 Å². The van der Waals surface area contributed by atoms with Gasteiger partial charge in [0.15, 0.2) is 0 Å². The van der Waals surface area contributed by atoms with Crippen molar-refractivity contribution in [3.63, 3.8) is 0 Å². The van der Waals surface area contributed by atoms with Gasteiger partial charge in [-0.3, -0.25) is 0 Å². The van der Waals surface area contributed by atoms with E-state index in [9.17, 15) is 0 Å². The van der Waals surface area contributed by atoms with Crippen LogP contribution in [0.5, 0.6) is 0 Å². The lowest BCUT2D eigenvalue weighted by molar-refractivity contribution is 0.227. The van der Waals surface area contributed by atoms with E-state index in [1.807, 2.05) is 0 Å². The summed E-state index contributed by atoms with van der Waals surface area (Å²) in [6.07, 6.45) is 3.22. The van der Waals surface area contributed by atoms with Crippen LogP contribution in [0.1, 0.15) is 33.6 Å². The second kappa shape index (κ2) is 2.96. The molecule has 1 heteroatoms. The SMILES string of the molecule is CC(C)C1C2CC3(CC2[Si](C)(C)C)C(C)C13. The predicted octanol–water partition coefficient (Wildman–Crippen LogP) is 4.64. The van der Waals surface area contributed by atoms with Crippen LogP contribution in [-0.2, 0) is 0 Å². The third kappa shape index (κ3) is 1.16. The Hall–Kier alpha value is 0.217. The zero-order chi connectivity index (χ0) is 11.9. The van der Waals surface area contributed by atoms with Crippen LogP contribution < -0.4 is 0 Å². The first-order valence-electron chi connectivity index (χ1n) is 7.29. The molecule has 0 saturated heterocycles. The van der Waals surface area contributed by atoms with Gasteiger partial charge in [0.1, 0.15) is 0 Å². The summed E-state index contributed by atoms with van der Waals surface area (Å²) in [6, 6.07) is 0. The third-order valence-electron chi connectivity index (χ3n) is 6.52. The van der Waals surface area contributed by atoms with Crippen molar-refractivity contribution in [2.24, 2.45) is 35.0 Å². The molecule has 3 aliphatic carbocycles. The molecule has 0 aromatic rings. The fraction of sp³-hybridized carbons (Fsp3) is 1.00. The summed E-state index contributed by atoms with van der Waals surface area (Å²) >= 11 is 0. The fourth-order valence-corrected chi connectivity index (χ4v) is 8.47. The molecule has 92 valence electrons. The van der Waals surface area contributed by atoms with Crippen LogP contribution >= 0.6 is 0 Å². The number of fused-ring (bicyclic) bond motifs is 1. The van der Waals surface area contributed by atoms with E-state index in [4.69, 9.17) is 0 Å². The van der Waals surface area contributed by atoms with Gasteiger partial charge >= 0.3 is 0 Å². The van der Waals surface area contributed by atoms with Crippen molar-refractivity contribution in [1.29, 1.82) is 0 Å². The predicted molar refractivity (Wildman–Crippen MR) is 73.2 cm³/mol. The minimum absolute atomic E-state index is 0.852. The Morgan fingerprint density at radius 2 is 1.75 bits per heavy atom. The van der Waals surface area contributed by atoms with Gasteiger partial charge in [-0.2, -0.15) is 0 Å². The van der Waals surface area contributed by atoms with Crippen molar-refractivity contribution < 1.29 is 0 Å². The molecular weight excluding hydrogens is 208 g/mol. The molecular formula is C15H28Si. The first-order valence-corrected chi connectivity index (χ1v) is 10.9. The van der Waals surface area contributed by atoms with Gasteiger partial charge in [0.2, 0.25) is 0 Å². The average Bonchev–Trinajstić information content (AvgIpc) is 2.56. The summed E-state index contributed by atoms with van der Waals surface area (Å²) in [7, 11) is -0.915. The monoisotopic (exact) mass is 236 g/mol. The molecule has 0 nitrogen and oxygen atoms in total. The Kier molecular flexibility index (Phi) is 2.10. The van der Waals surface area contributed by atoms with Crippen LogP contribution in [0.2, 0.25) is 25.2 Å². The standard InChI is InChI=1S/C15H28Si/c1-9(2)13-11-7-15(10(3)14(13)15)8-12(11)16(4,5)6/h9-14H,7-8H2,1-6H3. The average molecular weight is 236 g/mol.